The molecule has 0 aromatic heterocycles. The minimum absolute atomic E-state index is 0. The van der Waals surface area contributed by atoms with Gasteiger partial charge in [0.25, 0.3) is 0 Å². The molecule has 0 radical (unpaired) electrons. The van der Waals surface area contributed by atoms with Gasteiger partial charge in [-0.25, -0.2) is 0 Å². The van der Waals surface area contributed by atoms with E-state index >= 15 is 0 Å². The number of benzene rings is 2. The molecule has 2 aromatic carbocycles. The summed E-state index contributed by atoms with van der Waals surface area (Å²) in [5, 5.41) is 1.10. The number of hydrogen-bond donors (Lipinski definition) is 0. The number of hydrogen-bond acceptors (Lipinski definition) is 1. The van der Waals surface area contributed by atoms with Gasteiger partial charge in [-0.3, -0.25) is 4.79 Å². The Balaban J connectivity index is 0.00000242. The normalized spacial score (nSPS) is 11.5. The maximum atomic E-state index is 12.6. The fourth-order valence-electron chi connectivity index (χ4n) is 2.47. The summed E-state index contributed by atoms with van der Waals surface area (Å²) >= 11 is 0. The van der Waals surface area contributed by atoms with Crippen molar-refractivity contribution in [2.24, 2.45) is 0 Å². The van der Waals surface area contributed by atoms with E-state index in [4.69, 9.17) is 0 Å². The van der Waals surface area contributed by atoms with Crippen LogP contribution in [0.3, 0.4) is 0 Å². The molecule has 0 spiro atoms. The predicted octanol–water partition coefficient (Wildman–Crippen LogP) is 1.86. The van der Waals surface area contributed by atoms with Crippen molar-refractivity contribution >= 4 is 19.4 Å². The van der Waals surface area contributed by atoms with Crippen molar-refractivity contribution in [3.63, 3.8) is 0 Å². The molecule has 3 heteroatoms. The van der Waals surface area contributed by atoms with Crippen molar-refractivity contribution in [1.29, 1.82) is 0 Å². The Morgan fingerprint density at radius 1 is 1.00 bits per heavy atom. The van der Waals surface area contributed by atoms with Gasteiger partial charge in [-0.1, -0.05) is 63.2 Å². The Hall–Kier alpha value is -0.863. The molecule has 0 bridgehead atoms. The molecular weight excluding hydrogens is 282 g/mol. The molecule has 0 amide bonds. The number of rotatable bonds is 3. The van der Waals surface area contributed by atoms with Gasteiger partial charge >= 0.3 is 18.9 Å². The summed E-state index contributed by atoms with van der Waals surface area (Å²) in [6.45, 7) is 10.7. The first-order valence-corrected chi connectivity index (χ1v) is 8.27. The molecule has 0 saturated carbocycles. The van der Waals surface area contributed by atoms with E-state index in [0.29, 0.717) is 0 Å². The van der Waals surface area contributed by atoms with Gasteiger partial charge in [-0.2, -0.15) is 0 Å². The summed E-state index contributed by atoms with van der Waals surface area (Å²) in [5.74, 6) is 0. The molecule has 0 aliphatic heterocycles. The number of carbonyl (C=O) groups is 1. The molecule has 1 nitrogen and oxygen atoms in total. The van der Waals surface area contributed by atoms with E-state index in [1.54, 1.807) is 0 Å². The van der Waals surface area contributed by atoms with Gasteiger partial charge in [0.1, 0.15) is 0 Å². The van der Waals surface area contributed by atoms with E-state index in [-0.39, 0.29) is 39.8 Å². The summed E-state index contributed by atoms with van der Waals surface area (Å²) in [6.07, 6.45) is 0. The van der Waals surface area contributed by atoms with E-state index in [1.807, 2.05) is 44.2 Å². The van der Waals surface area contributed by atoms with Gasteiger partial charge in [0.15, 0.2) is 5.52 Å². The van der Waals surface area contributed by atoms with Crippen molar-refractivity contribution in [2.45, 2.75) is 40.0 Å². The largest absolute Gasteiger partial charge is 1.00 e. The molecule has 0 saturated heterocycles. The predicted molar refractivity (Wildman–Crippen MR) is 94.4 cm³/mol. The fraction of sp³-hybridized carbons (Fsp3) is 0.316. The summed E-state index contributed by atoms with van der Waals surface area (Å²) in [5.41, 5.74) is 4.71. The second-order valence-corrected chi connectivity index (χ2v) is 7.84. The summed E-state index contributed by atoms with van der Waals surface area (Å²) in [6, 6.07) is 14.3. The molecule has 0 N–H and O–H groups in total. The van der Waals surface area contributed by atoms with Crippen LogP contribution in [0.15, 0.2) is 42.5 Å². The molecule has 22 heavy (non-hydrogen) atoms. The molecule has 0 aliphatic rings. The first-order valence-electron chi connectivity index (χ1n) is 7.27. The Morgan fingerprint density at radius 2 is 1.50 bits per heavy atom. The number of aryl methyl sites for hydroxylation is 2. The van der Waals surface area contributed by atoms with Gasteiger partial charge in [-0.05, 0) is 49.8 Å². The van der Waals surface area contributed by atoms with Gasteiger partial charge in [0.2, 0.25) is 0 Å². The van der Waals surface area contributed by atoms with Gasteiger partial charge in [0, 0.05) is 5.56 Å². The third kappa shape index (κ3) is 4.56. The minimum atomic E-state index is 0. The maximum Gasteiger partial charge on any atom is 1.00 e. The molecule has 0 fully saturated rings. The number of carbonyl (C=O) groups excluding carboxylic acids is 1. The Morgan fingerprint density at radius 3 is 1.95 bits per heavy atom. The van der Waals surface area contributed by atoms with Crippen LogP contribution >= 0.6 is 8.58 Å². The van der Waals surface area contributed by atoms with E-state index in [9.17, 15) is 4.79 Å². The second kappa shape index (κ2) is 7.61. The fourth-order valence-corrected chi connectivity index (χ4v) is 3.61. The van der Waals surface area contributed by atoms with Crippen LogP contribution in [-0.2, 0) is 5.41 Å². The maximum absolute atomic E-state index is 12.6. The van der Waals surface area contributed by atoms with Gasteiger partial charge in [0.05, 0.1) is 0 Å². The van der Waals surface area contributed by atoms with Crippen LogP contribution in [0.25, 0.3) is 0 Å². The zero-order valence-corrected chi connectivity index (χ0v) is 15.4. The third-order valence-electron chi connectivity index (χ3n) is 3.66. The average Bonchev–Trinajstić information content (AvgIpc) is 2.37. The summed E-state index contributed by atoms with van der Waals surface area (Å²) < 4.78 is 0. The van der Waals surface area contributed by atoms with Crippen molar-refractivity contribution in [1.82, 2.24) is 0 Å². The molecule has 1 unspecified atom stereocenters. The molecule has 112 valence electrons. The Kier molecular flexibility index (Phi) is 6.63. The van der Waals surface area contributed by atoms with Crippen molar-refractivity contribution < 1.29 is 25.1 Å². The van der Waals surface area contributed by atoms with Crippen LogP contribution in [0.2, 0.25) is 0 Å². The van der Waals surface area contributed by atoms with Crippen molar-refractivity contribution in [3.8, 4) is 0 Å². The molecular formula is C19H24LiOP. The van der Waals surface area contributed by atoms with E-state index in [2.05, 4.69) is 32.9 Å². The molecule has 0 aliphatic carbocycles. The van der Waals surface area contributed by atoms with E-state index < -0.39 is 0 Å². The second-order valence-electron chi connectivity index (χ2n) is 6.56. The quantitative estimate of drug-likeness (QED) is 0.625. The third-order valence-corrected chi connectivity index (χ3v) is 4.76. The standard InChI is InChI=1S/C19H23OP.Li.H/c1-13-11-15(19(3,4)5)12-14(2)17(13)18(20)21-16-9-7-6-8-10-16;;/h6-12,21H,1-5H3;;/q;+1;-1. The Bertz CT molecular complexity index is 640. The van der Waals surface area contributed by atoms with Crippen molar-refractivity contribution in [3.05, 3.63) is 64.7 Å². The van der Waals surface area contributed by atoms with Crippen molar-refractivity contribution in [2.75, 3.05) is 0 Å². The van der Waals surface area contributed by atoms with Crippen LogP contribution in [0, 0.1) is 13.8 Å². The van der Waals surface area contributed by atoms with Crippen LogP contribution < -0.4 is 24.2 Å². The first-order chi connectivity index (χ1) is 9.79. The zero-order chi connectivity index (χ0) is 15.6. The van der Waals surface area contributed by atoms with Gasteiger partial charge in [-0.15, -0.1) is 0 Å². The smallest absolute Gasteiger partial charge is 1.00 e. The molecule has 2 rings (SSSR count). The SMILES string of the molecule is Cc1cc(C(C)(C)C)cc(C)c1C(=O)Pc1ccccc1.[H-].[Li+]. The first kappa shape index (κ1) is 19.2. The molecule has 1 atom stereocenters. The zero-order valence-electron chi connectivity index (χ0n) is 15.4. The van der Waals surface area contributed by atoms with Crippen LogP contribution in [-0.4, -0.2) is 5.52 Å². The van der Waals surface area contributed by atoms with E-state index in [0.717, 1.165) is 22.0 Å². The molecule has 2 aromatic rings. The van der Waals surface area contributed by atoms with Crippen LogP contribution in [0.4, 0.5) is 0 Å². The van der Waals surface area contributed by atoms with Crippen LogP contribution in [0.1, 0.15) is 49.2 Å². The average molecular weight is 306 g/mol. The summed E-state index contributed by atoms with van der Waals surface area (Å²) in [7, 11) is 0.193. The Labute approximate surface area is 149 Å². The van der Waals surface area contributed by atoms with Crippen LogP contribution in [0.5, 0.6) is 0 Å². The molecule has 0 heterocycles. The van der Waals surface area contributed by atoms with E-state index in [1.165, 1.54) is 5.56 Å². The van der Waals surface area contributed by atoms with Gasteiger partial charge < -0.3 is 1.43 Å². The topological polar surface area (TPSA) is 17.1 Å². The monoisotopic (exact) mass is 306 g/mol. The summed E-state index contributed by atoms with van der Waals surface area (Å²) in [4.78, 5) is 12.6. The minimum Gasteiger partial charge on any atom is -1.00 e.